The van der Waals surface area contributed by atoms with Gasteiger partial charge < -0.3 is 10.6 Å². The average Bonchev–Trinajstić information content (AvgIpc) is 3.04. The van der Waals surface area contributed by atoms with Crippen LogP contribution in [-0.2, 0) is 4.79 Å². The van der Waals surface area contributed by atoms with Gasteiger partial charge in [-0.3, -0.25) is 4.79 Å². The fourth-order valence-corrected chi connectivity index (χ4v) is 3.65. The largest absolute Gasteiger partial charge is 0.352 e. The van der Waals surface area contributed by atoms with Gasteiger partial charge in [0.15, 0.2) is 0 Å². The van der Waals surface area contributed by atoms with Gasteiger partial charge in [-0.05, 0) is 44.1 Å². The first-order valence-electron chi connectivity index (χ1n) is 6.87. The molecule has 2 N–H and O–H groups in total. The van der Waals surface area contributed by atoms with Gasteiger partial charge in [0.1, 0.15) is 0 Å². The van der Waals surface area contributed by atoms with Gasteiger partial charge in [0.25, 0.3) is 0 Å². The molecule has 0 aromatic carbocycles. The van der Waals surface area contributed by atoms with Crippen molar-refractivity contribution in [2.24, 2.45) is 17.8 Å². The zero-order valence-corrected chi connectivity index (χ0v) is 11.1. The van der Waals surface area contributed by atoms with Crippen molar-refractivity contribution in [3.8, 4) is 0 Å². The Labute approximate surface area is 110 Å². The number of hydrogen-bond donors (Lipinski definition) is 2. The van der Waals surface area contributed by atoms with Crippen LogP contribution in [0.5, 0.6) is 0 Å². The van der Waals surface area contributed by atoms with E-state index in [0.29, 0.717) is 17.9 Å². The number of nitrogens with one attached hydrogen (secondary N) is 2. The first-order chi connectivity index (χ1) is 7.86. The molecule has 3 nitrogen and oxygen atoms in total. The highest BCUT2D eigenvalue weighted by Gasteiger charge is 2.54. The van der Waals surface area contributed by atoms with Gasteiger partial charge in [0.2, 0.25) is 5.91 Å². The second-order valence-electron chi connectivity index (χ2n) is 5.69. The molecule has 1 saturated heterocycles. The summed E-state index contributed by atoms with van der Waals surface area (Å²) in [6.45, 7) is 2.08. The van der Waals surface area contributed by atoms with E-state index in [2.05, 4.69) is 10.6 Å². The number of carbonyl (C=O) groups excluding carboxylic acids is 1. The minimum absolute atomic E-state index is 0. The van der Waals surface area contributed by atoms with E-state index in [-0.39, 0.29) is 12.4 Å². The molecule has 3 unspecified atom stereocenters. The van der Waals surface area contributed by atoms with E-state index < -0.39 is 0 Å². The molecule has 0 bridgehead atoms. The molecule has 1 aliphatic heterocycles. The highest BCUT2D eigenvalue weighted by molar-refractivity contribution is 5.85. The van der Waals surface area contributed by atoms with Crippen LogP contribution in [-0.4, -0.2) is 25.0 Å². The summed E-state index contributed by atoms with van der Waals surface area (Å²) in [5.41, 5.74) is 0. The third-order valence-electron chi connectivity index (χ3n) is 4.60. The van der Waals surface area contributed by atoms with E-state index in [1.807, 2.05) is 0 Å². The average molecular weight is 259 g/mol. The molecule has 3 aliphatic rings. The van der Waals surface area contributed by atoms with Crippen molar-refractivity contribution < 1.29 is 4.79 Å². The van der Waals surface area contributed by atoms with Gasteiger partial charge in [-0.15, -0.1) is 12.4 Å². The Balaban J connectivity index is 0.00000108. The lowest BCUT2D eigenvalue weighted by atomic mass is 10.0. The zero-order valence-electron chi connectivity index (χ0n) is 10.3. The number of halogens is 1. The normalized spacial score (nSPS) is 39.8. The molecule has 1 heterocycles. The van der Waals surface area contributed by atoms with Crippen LogP contribution in [0.4, 0.5) is 0 Å². The molecule has 3 fully saturated rings. The van der Waals surface area contributed by atoms with E-state index in [1.54, 1.807) is 0 Å². The molecule has 2 saturated carbocycles. The smallest absolute Gasteiger partial charge is 0.223 e. The summed E-state index contributed by atoms with van der Waals surface area (Å²) in [5.74, 6) is 2.21. The lowest BCUT2D eigenvalue weighted by molar-refractivity contribution is -0.123. The van der Waals surface area contributed by atoms with E-state index in [9.17, 15) is 4.79 Å². The lowest BCUT2D eigenvalue weighted by Crippen LogP contribution is -2.46. The molecular weight excluding hydrogens is 236 g/mol. The number of rotatable bonds is 2. The van der Waals surface area contributed by atoms with Gasteiger partial charge in [-0.2, -0.15) is 0 Å². The van der Waals surface area contributed by atoms with E-state index in [1.165, 1.54) is 32.1 Å². The topological polar surface area (TPSA) is 41.1 Å². The van der Waals surface area contributed by atoms with Crippen molar-refractivity contribution in [1.82, 2.24) is 10.6 Å². The number of carbonyl (C=O) groups is 1. The van der Waals surface area contributed by atoms with Gasteiger partial charge in [0.05, 0.1) is 0 Å². The maximum atomic E-state index is 12.1. The molecule has 0 aromatic rings. The predicted octanol–water partition coefficient (Wildman–Crippen LogP) is 1.71. The molecule has 0 spiro atoms. The summed E-state index contributed by atoms with van der Waals surface area (Å²) in [4.78, 5) is 12.1. The standard InChI is InChI=1S/C13H22N2O.ClH/c16-13(15-9-4-3-7-14-8-9)12-10-5-1-2-6-11(10)12;/h9-12,14H,1-8H2,(H,15,16);1H. The molecule has 4 heteroatoms. The van der Waals surface area contributed by atoms with Gasteiger partial charge in [-0.25, -0.2) is 0 Å². The summed E-state index contributed by atoms with van der Waals surface area (Å²) in [5, 5.41) is 6.58. The molecule has 98 valence electrons. The zero-order chi connectivity index (χ0) is 11.0. The molecule has 3 atom stereocenters. The van der Waals surface area contributed by atoms with Crippen molar-refractivity contribution in [1.29, 1.82) is 0 Å². The third-order valence-corrected chi connectivity index (χ3v) is 4.60. The number of piperidine rings is 1. The van der Waals surface area contributed by atoms with Crippen LogP contribution < -0.4 is 10.6 Å². The monoisotopic (exact) mass is 258 g/mol. The highest BCUT2D eigenvalue weighted by atomic mass is 35.5. The highest BCUT2D eigenvalue weighted by Crippen LogP contribution is 2.55. The van der Waals surface area contributed by atoms with Crippen molar-refractivity contribution in [2.75, 3.05) is 13.1 Å². The lowest BCUT2D eigenvalue weighted by Gasteiger charge is -2.23. The van der Waals surface area contributed by atoms with Crippen LogP contribution in [0.3, 0.4) is 0 Å². The van der Waals surface area contributed by atoms with Crippen molar-refractivity contribution in [3.63, 3.8) is 0 Å². The maximum absolute atomic E-state index is 12.1. The maximum Gasteiger partial charge on any atom is 0.223 e. The molecular formula is C13H23ClN2O. The molecule has 0 aromatic heterocycles. The summed E-state index contributed by atoms with van der Waals surface area (Å²) in [7, 11) is 0. The summed E-state index contributed by atoms with van der Waals surface area (Å²) >= 11 is 0. The van der Waals surface area contributed by atoms with E-state index in [4.69, 9.17) is 0 Å². The van der Waals surface area contributed by atoms with Crippen LogP contribution in [0.25, 0.3) is 0 Å². The van der Waals surface area contributed by atoms with Crippen molar-refractivity contribution >= 4 is 18.3 Å². The third kappa shape index (κ3) is 2.76. The molecule has 1 amide bonds. The van der Waals surface area contributed by atoms with Gasteiger partial charge in [0, 0.05) is 18.5 Å². The summed E-state index contributed by atoms with van der Waals surface area (Å²) < 4.78 is 0. The van der Waals surface area contributed by atoms with Crippen LogP contribution in [0.2, 0.25) is 0 Å². The minimum atomic E-state index is 0. The number of hydrogen-bond acceptors (Lipinski definition) is 2. The first kappa shape index (κ1) is 13.2. The Kier molecular flexibility index (Phi) is 4.31. The van der Waals surface area contributed by atoms with Crippen LogP contribution in [0, 0.1) is 17.8 Å². The number of amides is 1. The van der Waals surface area contributed by atoms with Crippen molar-refractivity contribution in [3.05, 3.63) is 0 Å². The fraction of sp³-hybridized carbons (Fsp3) is 0.923. The van der Waals surface area contributed by atoms with Gasteiger partial charge in [-0.1, -0.05) is 12.8 Å². The Hall–Kier alpha value is -0.280. The van der Waals surface area contributed by atoms with E-state index in [0.717, 1.165) is 31.3 Å². The molecule has 17 heavy (non-hydrogen) atoms. The minimum Gasteiger partial charge on any atom is -0.352 e. The van der Waals surface area contributed by atoms with Crippen molar-refractivity contribution in [2.45, 2.75) is 44.6 Å². The van der Waals surface area contributed by atoms with Crippen LogP contribution >= 0.6 is 12.4 Å². The summed E-state index contributed by atoms with van der Waals surface area (Å²) in [6, 6.07) is 0.393. The van der Waals surface area contributed by atoms with Gasteiger partial charge >= 0.3 is 0 Å². The quantitative estimate of drug-likeness (QED) is 0.792. The Morgan fingerprint density at radius 2 is 1.76 bits per heavy atom. The second kappa shape index (κ2) is 5.57. The molecule has 3 rings (SSSR count). The Morgan fingerprint density at radius 1 is 1.06 bits per heavy atom. The first-order valence-corrected chi connectivity index (χ1v) is 6.87. The fourth-order valence-electron chi connectivity index (χ4n) is 3.65. The summed E-state index contributed by atoms with van der Waals surface area (Å²) in [6.07, 6.45) is 7.63. The Bertz CT molecular complexity index is 267. The second-order valence-corrected chi connectivity index (χ2v) is 5.69. The molecule has 0 radical (unpaired) electrons. The Morgan fingerprint density at radius 3 is 2.35 bits per heavy atom. The SMILES string of the molecule is Cl.O=C(NC1CCCNC1)C1C2CCCCC21. The predicted molar refractivity (Wildman–Crippen MR) is 70.2 cm³/mol. The van der Waals surface area contributed by atoms with Crippen LogP contribution in [0.15, 0.2) is 0 Å². The number of fused-ring (bicyclic) bond motifs is 1. The van der Waals surface area contributed by atoms with Crippen LogP contribution in [0.1, 0.15) is 38.5 Å². The molecule has 2 aliphatic carbocycles. The van der Waals surface area contributed by atoms with E-state index >= 15 is 0 Å².